The molecular formula is C22H21N3O4. The Hall–Kier alpha value is -3.74. The zero-order valence-electron chi connectivity index (χ0n) is 15.9. The number of amidine groups is 1. The highest BCUT2D eigenvalue weighted by atomic mass is 16.5. The molecule has 1 atom stereocenters. The normalized spacial score (nSPS) is 15.6. The smallest absolute Gasteiger partial charge is 0.303 e. The fourth-order valence-corrected chi connectivity index (χ4v) is 3.43. The number of carboxylic acids is 1. The third-order valence-corrected chi connectivity index (χ3v) is 4.96. The van der Waals surface area contributed by atoms with Gasteiger partial charge in [0.1, 0.15) is 17.8 Å². The van der Waals surface area contributed by atoms with Crippen LogP contribution in [0.5, 0.6) is 5.75 Å². The molecule has 0 aliphatic carbocycles. The standard InChI is InChI=1S/C22H21N3O4/c1-28-17-9-7-16(8-10-17)25-20(23)18-12-13-29-22(18)24-21(25)15-5-2-14(3-6-15)4-11-19(26)27/h2-3,5-10,12-13,21,23-24H,4,11H2,1H3,(H,26,27). The fourth-order valence-electron chi connectivity index (χ4n) is 3.43. The molecule has 0 radical (unpaired) electrons. The summed E-state index contributed by atoms with van der Waals surface area (Å²) in [5.41, 5.74) is 3.42. The summed E-state index contributed by atoms with van der Waals surface area (Å²) in [7, 11) is 1.62. The Morgan fingerprint density at radius 3 is 2.55 bits per heavy atom. The molecule has 7 nitrogen and oxygen atoms in total. The first kappa shape index (κ1) is 18.6. The second-order valence-electron chi connectivity index (χ2n) is 6.76. The molecule has 4 rings (SSSR count). The lowest BCUT2D eigenvalue weighted by atomic mass is 10.0. The van der Waals surface area contributed by atoms with Gasteiger partial charge in [0.05, 0.1) is 18.9 Å². The molecule has 0 amide bonds. The van der Waals surface area contributed by atoms with Gasteiger partial charge in [-0.1, -0.05) is 24.3 Å². The van der Waals surface area contributed by atoms with E-state index in [9.17, 15) is 4.79 Å². The van der Waals surface area contributed by atoms with Crippen LogP contribution in [0, 0.1) is 5.41 Å². The van der Waals surface area contributed by atoms with Crippen LogP contribution < -0.4 is 15.0 Å². The third-order valence-electron chi connectivity index (χ3n) is 4.96. The number of rotatable bonds is 6. The van der Waals surface area contributed by atoms with Gasteiger partial charge in [0.15, 0.2) is 0 Å². The van der Waals surface area contributed by atoms with Crippen molar-refractivity contribution in [1.82, 2.24) is 0 Å². The number of nitrogens with one attached hydrogen (secondary N) is 2. The van der Waals surface area contributed by atoms with E-state index in [1.165, 1.54) is 0 Å². The van der Waals surface area contributed by atoms with Crippen LogP contribution in [-0.4, -0.2) is 24.0 Å². The Morgan fingerprint density at radius 1 is 1.17 bits per heavy atom. The lowest BCUT2D eigenvalue weighted by Gasteiger charge is -2.38. The van der Waals surface area contributed by atoms with E-state index in [4.69, 9.17) is 19.7 Å². The number of anilines is 2. The predicted octanol–water partition coefficient (Wildman–Crippen LogP) is 4.26. The average Bonchev–Trinajstić information content (AvgIpc) is 3.22. The molecule has 2 aromatic carbocycles. The third kappa shape index (κ3) is 3.67. The van der Waals surface area contributed by atoms with Crippen LogP contribution in [0.4, 0.5) is 11.6 Å². The highest BCUT2D eigenvalue weighted by Gasteiger charge is 2.33. The van der Waals surface area contributed by atoms with E-state index in [1.54, 1.807) is 19.4 Å². The largest absolute Gasteiger partial charge is 0.497 e. The summed E-state index contributed by atoms with van der Waals surface area (Å²) in [6, 6.07) is 17.1. The molecule has 7 heteroatoms. The van der Waals surface area contributed by atoms with E-state index in [0.29, 0.717) is 23.7 Å². The SMILES string of the molecule is COc1ccc(N2C(=N)c3ccoc3NC2c2ccc(CCC(=O)O)cc2)cc1. The van der Waals surface area contributed by atoms with Crippen LogP contribution in [0.15, 0.2) is 65.3 Å². The minimum atomic E-state index is -0.812. The maximum absolute atomic E-state index is 10.8. The molecule has 1 aliphatic heterocycles. The quantitative estimate of drug-likeness (QED) is 0.581. The van der Waals surface area contributed by atoms with Crippen molar-refractivity contribution in [3.8, 4) is 5.75 Å². The Kier molecular flexibility index (Phi) is 4.95. The maximum Gasteiger partial charge on any atom is 0.303 e. The van der Waals surface area contributed by atoms with E-state index >= 15 is 0 Å². The van der Waals surface area contributed by atoms with Crippen molar-refractivity contribution in [1.29, 1.82) is 5.41 Å². The molecule has 2 heterocycles. The van der Waals surface area contributed by atoms with E-state index in [0.717, 1.165) is 22.6 Å². The first-order chi connectivity index (χ1) is 14.1. The van der Waals surface area contributed by atoms with E-state index in [2.05, 4.69) is 5.32 Å². The first-order valence-corrected chi connectivity index (χ1v) is 9.23. The van der Waals surface area contributed by atoms with E-state index in [1.807, 2.05) is 53.4 Å². The predicted molar refractivity (Wildman–Crippen MR) is 110 cm³/mol. The van der Waals surface area contributed by atoms with Crippen LogP contribution in [-0.2, 0) is 11.2 Å². The van der Waals surface area contributed by atoms with Gasteiger partial charge in [-0.25, -0.2) is 0 Å². The number of hydrogen-bond acceptors (Lipinski definition) is 5. The zero-order valence-corrected chi connectivity index (χ0v) is 15.9. The summed E-state index contributed by atoms with van der Waals surface area (Å²) in [5.74, 6) is 0.818. The summed E-state index contributed by atoms with van der Waals surface area (Å²) in [5, 5.41) is 21.0. The van der Waals surface area contributed by atoms with Gasteiger partial charge in [-0.2, -0.15) is 0 Å². The number of benzene rings is 2. The van der Waals surface area contributed by atoms with Gasteiger partial charge >= 0.3 is 5.97 Å². The molecule has 1 aromatic heterocycles. The van der Waals surface area contributed by atoms with Crippen molar-refractivity contribution in [3.63, 3.8) is 0 Å². The van der Waals surface area contributed by atoms with Gasteiger partial charge in [-0.3, -0.25) is 10.2 Å². The zero-order chi connectivity index (χ0) is 20.4. The van der Waals surface area contributed by atoms with Gasteiger partial charge < -0.3 is 24.5 Å². The number of ether oxygens (including phenoxy) is 1. The van der Waals surface area contributed by atoms with Crippen LogP contribution in [0.3, 0.4) is 0 Å². The molecule has 3 N–H and O–H groups in total. The van der Waals surface area contributed by atoms with Crippen LogP contribution in [0.2, 0.25) is 0 Å². The molecular weight excluding hydrogens is 370 g/mol. The van der Waals surface area contributed by atoms with Crippen molar-refractivity contribution < 1.29 is 19.1 Å². The monoisotopic (exact) mass is 391 g/mol. The van der Waals surface area contributed by atoms with E-state index in [-0.39, 0.29) is 12.6 Å². The molecule has 29 heavy (non-hydrogen) atoms. The summed E-state index contributed by atoms with van der Waals surface area (Å²) in [6.45, 7) is 0. The number of fused-ring (bicyclic) bond motifs is 1. The highest BCUT2D eigenvalue weighted by molar-refractivity contribution is 6.12. The van der Waals surface area contributed by atoms with Crippen molar-refractivity contribution in [3.05, 3.63) is 77.6 Å². The molecule has 1 aliphatic rings. The maximum atomic E-state index is 10.8. The van der Waals surface area contributed by atoms with Crippen molar-refractivity contribution in [2.24, 2.45) is 0 Å². The number of nitrogens with zero attached hydrogens (tertiary/aromatic N) is 1. The molecule has 0 spiro atoms. The molecule has 0 saturated carbocycles. The van der Waals surface area contributed by atoms with Crippen LogP contribution >= 0.6 is 0 Å². The fraction of sp³-hybridized carbons (Fsp3) is 0.182. The molecule has 148 valence electrons. The van der Waals surface area contributed by atoms with Crippen LogP contribution in [0.25, 0.3) is 0 Å². The van der Waals surface area contributed by atoms with E-state index < -0.39 is 5.97 Å². The first-order valence-electron chi connectivity index (χ1n) is 9.23. The number of carboxylic acid groups (broad SMARTS) is 1. The summed E-state index contributed by atoms with van der Waals surface area (Å²) in [4.78, 5) is 12.7. The Morgan fingerprint density at radius 2 is 1.90 bits per heavy atom. The second-order valence-corrected chi connectivity index (χ2v) is 6.76. The second kappa shape index (κ2) is 7.71. The number of aliphatic carboxylic acids is 1. The number of aryl methyl sites for hydroxylation is 1. The van der Waals surface area contributed by atoms with Gasteiger partial charge in [-0.15, -0.1) is 0 Å². The highest BCUT2D eigenvalue weighted by Crippen LogP contribution is 2.37. The van der Waals surface area contributed by atoms with Crippen molar-refractivity contribution in [2.45, 2.75) is 19.0 Å². The summed E-state index contributed by atoms with van der Waals surface area (Å²) < 4.78 is 10.8. The van der Waals surface area contributed by atoms with Gasteiger partial charge in [-0.05, 0) is 47.9 Å². The molecule has 0 saturated heterocycles. The van der Waals surface area contributed by atoms with Crippen LogP contribution in [0.1, 0.15) is 29.3 Å². The number of furan rings is 1. The number of carbonyl (C=O) groups is 1. The lowest BCUT2D eigenvalue weighted by molar-refractivity contribution is -0.136. The Bertz CT molecular complexity index is 1020. The van der Waals surface area contributed by atoms with Crippen molar-refractivity contribution >= 4 is 23.4 Å². The van der Waals surface area contributed by atoms with Gasteiger partial charge in [0.2, 0.25) is 5.88 Å². The summed E-state index contributed by atoms with van der Waals surface area (Å²) in [6.07, 6.45) is 1.80. The average molecular weight is 391 g/mol. The van der Waals surface area contributed by atoms with Gasteiger partial charge in [0, 0.05) is 12.1 Å². The number of hydrogen-bond donors (Lipinski definition) is 3. The topological polar surface area (TPSA) is 98.8 Å². The number of methoxy groups -OCH3 is 1. The summed E-state index contributed by atoms with van der Waals surface area (Å²) >= 11 is 0. The Labute approximate surface area is 168 Å². The minimum Gasteiger partial charge on any atom is -0.497 e. The molecule has 1 unspecified atom stereocenters. The van der Waals surface area contributed by atoms with Gasteiger partial charge in [0.25, 0.3) is 0 Å². The molecule has 0 bridgehead atoms. The lowest BCUT2D eigenvalue weighted by Crippen LogP contribution is -2.42. The molecule has 0 fully saturated rings. The molecule has 3 aromatic rings. The van der Waals surface area contributed by atoms with Crippen molar-refractivity contribution in [2.75, 3.05) is 17.3 Å². The Balaban J connectivity index is 1.68. The minimum absolute atomic E-state index is 0.0966.